The van der Waals surface area contributed by atoms with Gasteiger partial charge in [-0.3, -0.25) is 0 Å². The van der Waals surface area contributed by atoms with E-state index in [9.17, 15) is 0 Å². The standard InChI is InChI=1S/C4H11N.CH3/c1-3-4-5-2;/h5H,3-4H2,1-2H3;1H3/q;-1/p+1. The SMILES string of the molecule is CCC[NH2+]C.[CH3-]. The zero-order valence-corrected chi connectivity index (χ0v) is 4.99. The number of rotatable bonds is 2. The molecule has 0 aliphatic carbocycles. The van der Waals surface area contributed by atoms with Crippen molar-refractivity contribution in [1.82, 2.24) is 0 Å². The van der Waals surface area contributed by atoms with Gasteiger partial charge < -0.3 is 12.7 Å². The Labute approximate surface area is 40.8 Å². The lowest BCUT2D eigenvalue weighted by molar-refractivity contribution is -0.626. The summed E-state index contributed by atoms with van der Waals surface area (Å²) in [6.45, 7) is 3.44. The average Bonchev–Trinajstić information content (AvgIpc) is 1.41. The van der Waals surface area contributed by atoms with E-state index in [0.717, 1.165) is 0 Å². The van der Waals surface area contributed by atoms with Crippen molar-refractivity contribution in [1.29, 1.82) is 0 Å². The summed E-state index contributed by atoms with van der Waals surface area (Å²) in [5.74, 6) is 0. The first kappa shape index (κ1) is 9.35. The first-order valence-electron chi connectivity index (χ1n) is 2.19. The summed E-state index contributed by atoms with van der Waals surface area (Å²) in [5, 5.41) is 2.18. The first-order chi connectivity index (χ1) is 2.41. The first-order valence-corrected chi connectivity index (χ1v) is 2.19. The van der Waals surface area contributed by atoms with E-state index in [1.807, 2.05) is 0 Å². The zero-order valence-electron chi connectivity index (χ0n) is 4.99. The highest BCUT2D eigenvalue weighted by Crippen LogP contribution is 1.56. The third kappa shape index (κ3) is 9.03. The van der Waals surface area contributed by atoms with E-state index in [1.54, 1.807) is 0 Å². The Morgan fingerprint density at radius 3 is 2.00 bits per heavy atom. The molecule has 0 heterocycles. The molecule has 40 valence electrons. The van der Waals surface area contributed by atoms with Crippen LogP contribution in [0, 0.1) is 7.43 Å². The molecule has 0 bridgehead atoms. The van der Waals surface area contributed by atoms with Crippen LogP contribution in [-0.4, -0.2) is 13.6 Å². The van der Waals surface area contributed by atoms with Gasteiger partial charge in [0.05, 0.1) is 13.6 Å². The Morgan fingerprint density at radius 2 is 2.00 bits per heavy atom. The van der Waals surface area contributed by atoms with E-state index in [-0.39, 0.29) is 7.43 Å². The second-order valence-electron chi connectivity index (χ2n) is 1.20. The fraction of sp³-hybridized carbons (Fsp3) is 0.800. The van der Waals surface area contributed by atoms with E-state index < -0.39 is 0 Å². The minimum atomic E-state index is 0. The average molecular weight is 89.2 g/mol. The van der Waals surface area contributed by atoms with Gasteiger partial charge in [0.15, 0.2) is 0 Å². The molecule has 0 aliphatic heterocycles. The molecule has 1 nitrogen and oxygen atoms in total. The maximum atomic E-state index is 2.18. The third-order valence-electron chi connectivity index (χ3n) is 0.577. The Kier molecular flexibility index (Phi) is 13.8. The van der Waals surface area contributed by atoms with Crippen molar-refractivity contribution in [2.45, 2.75) is 13.3 Å². The molecule has 2 N–H and O–H groups in total. The van der Waals surface area contributed by atoms with Crippen molar-refractivity contribution in [3.05, 3.63) is 7.43 Å². The van der Waals surface area contributed by atoms with Crippen molar-refractivity contribution in [3.8, 4) is 0 Å². The molecule has 0 saturated carbocycles. The Bertz CT molecular complexity index is 11.4. The van der Waals surface area contributed by atoms with Gasteiger partial charge in [0, 0.05) is 0 Å². The summed E-state index contributed by atoms with van der Waals surface area (Å²) < 4.78 is 0. The molecule has 0 amide bonds. The molecule has 0 rings (SSSR count). The minimum Gasteiger partial charge on any atom is -0.358 e. The van der Waals surface area contributed by atoms with Gasteiger partial charge in [-0.05, 0) is 6.42 Å². The van der Waals surface area contributed by atoms with Gasteiger partial charge in [-0.25, -0.2) is 0 Å². The monoisotopic (exact) mass is 89.1 g/mol. The van der Waals surface area contributed by atoms with E-state index >= 15 is 0 Å². The molecule has 0 aromatic heterocycles. The summed E-state index contributed by atoms with van der Waals surface area (Å²) in [6.07, 6.45) is 1.29. The van der Waals surface area contributed by atoms with Gasteiger partial charge in [-0.1, -0.05) is 6.92 Å². The van der Waals surface area contributed by atoms with Crippen LogP contribution in [-0.2, 0) is 0 Å². The maximum absolute atomic E-state index is 2.18. The van der Waals surface area contributed by atoms with Crippen LogP contribution < -0.4 is 5.32 Å². The van der Waals surface area contributed by atoms with Crippen LogP contribution in [0.5, 0.6) is 0 Å². The number of hydrogen-bond acceptors (Lipinski definition) is 0. The van der Waals surface area contributed by atoms with Crippen molar-refractivity contribution < 1.29 is 5.32 Å². The molecule has 0 atom stereocenters. The predicted octanol–water partition coefficient (Wildman–Crippen LogP) is 0.0399. The fourth-order valence-electron chi connectivity index (χ4n) is 0.289. The lowest BCUT2D eigenvalue weighted by Crippen LogP contribution is -2.79. The van der Waals surface area contributed by atoms with E-state index in [0.29, 0.717) is 0 Å². The molecular weight excluding hydrogens is 74.1 g/mol. The minimum absolute atomic E-state index is 0. The van der Waals surface area contributed by atoms with Gasteiger partial charge in [-0.15, -0.1) is 0 Å². The Balaban J connectivity index is 0. The molecule has 0 unspecified atom stereocenters. The summed E-state index contributed by atoms with van der Waals surface area (Å²) in [7, 11) is 2.09. The van der Waals surface area contributed by atoms with Crippen LogP contribution in [0.2, 0.25) is 0 Å². The summed E-state index contributed by atoms with van der Waals surface area (Å²) in [6, 6.07) is 0. The Hall–Kier alpha value is -0.0400. The Morgan fingerprint density at radius 1 is 1.50 bits per heavy atom. The molecule has 0 radical (unpaired) electrons. The van der Waals surface area contributed by atoms with Crippen LogP contribution >= 0.6 is 0 Å². The molecule has 6 heavy (non-hydrogen) atoms. The highest BCUT2D eigenvalue weighted by molar-refractivity contribution is 4.09. The third-order valence-corrected chi connectivity index (χ3v) is 0.577. The quantitative estimate of drug-likeness (QED) is 0.460. The molecule has 1 heteroatoms. The molecule has 0 aliphatic rings. The van der Waals surface area contributed by atoms with Crippen LogP contribution in [0.3, 0.4) is 0 Å². The molecular formula is C5H15N. The topological polar surface area (TPSA) is 16.6 Å². The highest BCUT2D eigenvalue weighted by atomic mass is 14.8. The molecule has 0 fully saturated rings. The van der Waals surface area contributed by atoms with Gasteiger partial charge >= 0.3 is 0 Å². The van der Waals surface area contributed by atoms with Crippen molar-refractivity contribution in [2.75, 3.05) is 13.6 Å². The van der Waals surface area contributed by atoms with Crippen LogP contribution in [0.25, 0.3) is 0 Å². The van der Waals surface area contributed by atoms with Crippen molar-refractivity contribution >= 4 is 0 Å². The second kappa shape index (κ2) is 8.88. The van der Waals surface area contributed by atoms with Gasteiger partial charge in [0.1, 0.15) is 0 Å². The number of quaternary nitrogens is 1. The predicted molar refractivity (Wildman–Crippen MR) is 29.4 cm³/mol. The zero-order chi connectivity index (χ0) is 4.12. The van der Waals surface area contributed by atoms with Crippen LogP contribution in [0.1, 0.15) is 13.3 Å². The largest absolute Gasteiger partial charge is 0.358 e. The molecule has 0 spiro atoms. The number of nitrogens with two attached hydrogens (primary N) is 1. The van der Waals surface area contributed by atoms with Crippen LogP contribution in [0.4, 0.5) is 0 Å². The summed E-state index contributed by atoms with van der Waals surface area (Å²) in [4.78, 5) is 0. The van der Waals surface area contributed by atoms with E-state index in [1.165, 1.54) is 13.0 Å². The smallest absolute Gasteiger partial charge is 0.0750 e. The molecule has 0 aromatic carbocycles. The second-order valence-corrected chi connectivity index (χ2v) is 1.20. The van der Waals surface area contributed by atoms with Gasteiger partial charge in [0.2, 0.25) is 0 Å². The summed E-state index contributed by atoms with van der Waals surface area (Å²) in [5.41, 5.74) is 0. The van der Waals surface area contributed by atoms with Crippen molar-refractivity contribution in [3.63, 3.8) is 0 Å². The van der Waals surface area contributed by atoms with Crippen LogP contribution in [0.15, 0.2) is 0 Å². The van der Waals surface area contributed by atoms with Gasteiger partial charge in [-0.2, -0.15) is 0 Å². The lowest BCUT2D eigenvalue weighted by Gasteiger charge is -1.81. The molecule has 0 aromatic rings. The van der Waals surface area contributed by atoms with Crippen molar-refractivity contribution in [2.24, 2.45) is 0 Å². The fourth-order valence-corrected chi connectivity index (χ4v) is 0.289. The normalized spacial score (nSPS) is 7.00. The highest BCUT2D eigenvalue weighted by Gasteiger charge is 1.68. The molecule has 0 saturated heterocycles. The van der Waals surface area contributed by atoms with Gasteiger partial charge in [0.25, 0.3) is 0 Å². The number of hydrogen-bond donors (Lipinski definition) is 1. The summed E-state index contributed by atoms with van der Waals surface area (Å²) >= 11 is 0. The van der Waals surface area contributed by atoms with E-state index in [4.69, 9.17) is 0 Å². The maximum Gasteiger partial charge on any atom is 0.0750 e. The van der Waals surface area contributed by atoms with E-state index in [2.05, 4.69) is 19.3 Å². The lowest BCUT2D eigenvalue weighted by atomic mass is 10.5.